The summed E-state index contributed by atoms with van der Waals surface area (Å²) in [6.07, 6.45) is 4.38. The molecule has 4 nitrogen and oxygen atoms in total. The predicted molar refractivity (Wildman–Crippen MR) is 75.3 cm³/mol. The minimum absolute atomic E-state index is 0.0804. The molecule has 0 unspecified atom stereocenters. The van der Waals surface area contributed by atoms with Crippen LogP contribution in [0.1, 0.15) is 39.5 Å². The molecule has 0 aliphatic heterocycles. The van der Waals surface area contributed by atoms with Crippen LogP contribution < -0.4 is 5.73 Å². The topological polar surface area (TPSA) is 49.6 Å². The van der Waals surface area contributed by atoms with Gasteiger partial charge in [0.25, 0.3) is 0 Å². The lowest BCUT2D eigenvalue weighted by Gasteiger charge is -2.49. The van der Waals surface area contributed by atoms with E-state index in [1.165, 1.54) is 19.3 Å². The van der Waals surface area contributed by atoms with Crippen molar-refractivity contribution in [2.75, 3.05) is 27.7 Å². The van der Waals surface area contributed by atoms with E-state index in [1.54, 1.807) is 0 Å². The van der Waals surface area contributed by atoms with Crippen molar-refractivity contribution in [2.45, 2.75) is 51.1 Å². The number of hydrogen-bond acceptors (Lipinski definition) is 3. The molecule has 1 amide bonds. The molecule has 0 radical (unpaired) electrons. The lowest BCUT2D eigenvalue weighted by Crippen LogP contribution is -2.59. The quantitative estimate of drug-likeness (QED) is 0.778. The number of carbonyl (C=O) groups is 1. The SMILES string of the molecule is CC(C)C[C@@H](N)C(=O)N(C)CC1(N(C)C)CCC1. The highest BCUT2D eigenvalue weighted by Crippen LogP contribution is 2.36. The van der Waals surface area contributed by atoms with Gasteiger partial charge in [0.15, 0.2) is 0 Å². The van der Waals surface area contributed by atoms with Crippen LogP contribution in [0.25, 0.3) is 0 Å². The van der Waals surface area contributed by atoms with E-state index in [4.69, 9.17) is 5.73 Å². The molecule has 0 bridgehead atoms. The third kappa shape index (κ3) is 3.45. The van der Waals surface area contributed by atoms with Crippen molar-refractivity contribution >= 4 is 5.91 Å². The average Bonchev–Trinajstić information content (AvgIpc) is 2.20. The van der Waals surface area contributed by atoms with Gasteiger partial charge in [-0.05, 0) is 45.7 Å². The minimum atomic E-state index is -0.353. The molecule has 1 aliphatic carbocycles. The van der Waals surface area contributed by atoms with E-state index in [0.29, 0.717) is 5.92 Å². The molecule has 1 saturated carbocycles. The third-order valence-corrected chi connectivity index (χ3v) is 4.18. The molecule has 0 aromatic carbocycles. The molecule has 4 heteroatoms. The van der Waals surface area contributed by atoms with Crippen molar-refractivity contribution in [3.8, 4) is 0 Å². The molecule has 0 heterocycles. The zero-order chi connectivity index (χ0) is 13.9. The van der Waals surface area contributed by atoms with Gasteiger partial charge in [-0.1, -0.05) is 13.8 Å². The van der Waals surface area contributed by atoms with Gasteiger partial charge in [-0.2, -0.15) is 0 Å². The van der Waals surface area contributed by atoms with E-state index in [1.807, 2.05) is 11.9 Å². The lowest BCUT2D eigenvalue weighted by molar-refractivity contribution is -0.134. The molecule has 1 fully saturated rings. The van der Waals surface area contributed by atoms with Crippen molar-refractivity contribution < 1.29 is 4.79 Å². The Morgan fingerprint density at radius 1 is 1.28 bits per heavy atom. The largest absolute Gasteiger partial charge is 0.343 e. The van der Waals surface area contributed by atoms with Crippen molar-refractivity contribution in [2.24, 2.45) is 11.7 Å². The van der Waals surface area contributed by atoms with Gasteiger partial charge in [0.05, 0.1) is 6.04 Å². The summed E-state index contributed by atoms with van der Waals surface area (Å²) >= 11 is 0. The number of nitrogens with zero attached hydrogens (tertiary/aromatic N) is 2. The van der Waals surface area contributed by atoms with Gasteiger partial charge >= 0.3 is 0 Å². The molecule has 1 aliphatic rings. The van der Waals surface area contributed by atoms with Gasteiger partial charge < -0.3 is 15.5 Å². The monoisotopic (exact) mass is 255 g/mol. The van der Waals surface area contributed by atoms with E-state index in [0.717, 1.165) is 13.0 Å². The van der Waals surface area contributed by atoms with Crippen LogP contribution in [0.4, 0.5) is 0 Å². The Morgan fingerprint density at radius 2 is 1.83 bits per heavy atom. The van der Waals surface area contributed by atoms with Crippen molar-refractivity contribution in [1.29, 1.82) is 0 Å². The van der Waals surface area contributed by atoms with Crippen LogP contribution in [0, 0.1) is 5.92 Å². The maximum absolute atomic E-state index is 12.2. The fourth-order valence-corrected chi connectivity index (χ4v) is 2.74. The second kappa shape index (κ2) is 6.02. The van der Waals surface area contributed by atoms with Crippen LogP contribution in [0.5, 0.6) is 0 Å². The Morgan fingerprint density at radius 3 is 2.17 bits per heavy atom. The number of nitrogens with two attached hydrogens (primary N) is 1. The summed E-state index contributed by atoms with van der Waals surface area (Å²) in [7, 11) is 6.09. The zero-order valence-corrected chi connectivity index (χ0v) is 12.6. The standard InChI is InChI=1S/C14H29N3O/c1-11(2)9-12(15)13(18)17(5)10-14(16(3)4)7-6-8-14/h11-12H,6-10,15H2,1-5H3/t12-/m1/s1. The normalized spacial score (nSPS) is 19.8. The van der Waals surface area contributed by atoms with Gasteiger partial charge in [-0.3, -0.25) is 4.79 Å². The van der Waals surface area contributed by atoms with E-state index in [9.17, 15) is 4.79 Å². The Balaban J connectivity index is 2.54. The lowest BCUT2D eigenvalue weighted by atomic mass is 9.75. The van der Waals surface area contributed by atoms with Gasteiger partial charge in [0, 0.05) is 19.1 Å². The summed E-state index contributed by atoms with van der Waals surface area (Å²) < 4.78 is 0. The molecule has 2 N–H and O–H groups in total. The first kappa shape index (κ1) is 15.4. The highest BCUT2D eigenvalue weighted by molar-refractivity contribution is 5.81. The zero-order valence-electron chi connectivity index (χ0n) is 12.6. The van der Waals surface area contributed by atoms with Gasteiger partial charge in [0.1, 0.15) is 0 Å². The van der Waals surface area contributed by atoms with E-state index in [2.05, 4.69) is 32.8 Å². The predicted octanol–water partition coefficient (Wildman–Crippen LogP) is 1.30. The molecule has 0 aromatic rings. The summed E-state index contributed by atoms with van der Waals surface area (Å²) in [4.78, 5) is 16.3. The molecule has 1 atom stereocenters. The van der Waals surface area contributed by atoms with Crippen LogP contribution in [-0.4, -0.2) is 55.0 Å². The highest BCUT2D eigenvalue weighted by Gasteiger charge is 2.41. The van der Waals surface area contributed by atoms with Crippen molar-refractivity contribution in [1.82, 2.24) is 9.80 Å². The fourth-order valence-electron chi connectivity index (χ4n) is 2.74. The summed E-state index contributed by atoms with van der Waals surface area (Å²) in [5, 5.41) is 0. The van der Waals surface area contributed by atoms with E-state index < -0.39 is 0 Å². The fraction of sp³-hybridized carbons (Fsp3) is 0.929. The van der Waals surface area contributed by atoms with Crippen molar-refractivity contribution in [3.05, 3.63) is 0 Å². The third-order valence-electron chi connectivity index (χ3n) is 4.18. The molecular formula is C14H29N3O. The average molecular weight is 255 g/mol. The first-order chi connectivity index (χ1) is 8.28. The second-order valence-corrected chi connectivity index (χ2v) is 6.40. The minimum Gasteiger partial charge on any atom is -0.343 e. The molecule has 0 spiro atoms. The molecule has 106 valence electrons. The summed E-state index contributed by atoms with van der Waals surface area (Å²) in [5.74, 6) is 0.542. The number of rotatable bonds is 6. The summed E-state index contributed by atoms with van der Waals surface area (Å²) in [6.45, 7) is 4.99. The number of hydrogen-bond donors (Lipinski definition) is 1. The molecular weight excluding hydrogens is 226 g/mol. The number of amides is 1. The molecule has 1 rings (SSSR count). The van der Waals surface area contributed by atoms with Crippen LogP contribution in [0.3, 0.4) is 0 Å². The Kier molecular flexibility index (Phi) is 5.17. The molecule has 0 aromatic heterocycles. The maximum atomic E-state index is 12.2. The van der Waals surface area contributed by atoms with Crippen molar-refractivity contribution in [3.63, 3.8) is 0 Å². The van der Waals surface area contributed by atoms with Gasteiger partial charge in [-0.15, -0.1) is 0 Å². The van der Waals surface area contributed by atoms with E-state index >= 15 is 0 Å². The first-order valence-corrected chi connectivity index (χ1v) is 6.96. The van der Waals surface area contributed by atoms with Crippen LogP contribution >= 0.6 is 0 Å². The van der Waals surface area contributed by atoms with E-state index in [-0.39, 0.29) is 17.5 Å². The van der Waals surface area contributed by atoms with Crippen LogP contribution in [0.15, 0.2) is 0 Å². The molecule has 0 saturated heterocycles. The summed E-state index contributed by atoms with van der Waals surface area (Å²) in [5.41, 5.74) is 6.15. The Bertz CT molecular complexity index is 285. The van der Waals surface area contributed by atoms with Crippen LogP contribution in [0.2, 0.25) is 0 Å². The van der Waals surface area contributed by atoms with Crippen LogP contribution in [-0.2, 0) is 4.79 Å². The first-order valence-electron chi connectivity index (χ1n) is 6.96. The maximum Gasteiger partial charge on any atom is 0.239 e. The Hall–Kier alpha value is -0.610. The Labute approximate surface area is 111 Å². The number of likely N-dealkylation sites (N-methyl/N-ethyl adjacent to an activating group) is 2. The smallest absolute Gasteiger partial charge is 0.239 e. The second-order valence-electron chi connectivity index (χ2n) is 6.40. The molecule has 18 heavy (non-hydrogen) atoms. The number of carbonyl (C=O) groups excluding carboxylic acids is 1. The van der Waals surface area contributed by atoms with Gasteiger partial charge in [0.2, 0.25) is 5.91 Å². The highest BCUT2D eigenvalue weighted by atomic mass is 16.2. The van der Waals surface area contributed by atoms with Gasteiger partial charge in [-0.25, -0.2) is 0 Å². The summed E-state index contributed by atoms with van der Waals surface area (Å²) in [6, 6.07) is -0.353.